The van der Waals surface area contributed by atoms with Crippen molar-refractivity contribution in [3.63, 3.8) is 0 Å². The van der Waals surface area contributed by atoms with Crippen LogP contribution in [0.5, 0.6) is 0 Å². The smallest absolute Gasteiger partial charge is 0.264 e. The number of rotatable bonds is 4. The molecule has 27 heavy (non-hydrogen) atoms. The fraction of sp³-hybridized carbons (Fsp3) is 0.739. The van der Waals surface area contributed by atoms with E-state index in [-0.39, 0.29) is 0 Å². The summed E-state index contributed by atoms with van der Waals surface area (Å²) in [7, 11) is -3.35. The Morgan fingerprint density at radius 2 is 2.00 bits per heavy atom. The van der Waals surface area contributed by atoms with Crippen molar-refractivity contribution in [2.24, 2.45) is 29.1 Å². The standard InChI is InChI=1S/C23H34O3S/c1-15-6-5-7-18-17(15)8-9-20-19(18)12-13-23(3)21(10-11-22(20)23)16(2)14-26-27(4,24)25/h5-7,16,19-22H,8-14H2,1-4H3/t16-,19-,20-,21-,22+,23-/m1/s1. The summed E-state index contributed by atoms with van der Waals surface area (Å²) in [6.45, 7) is 7.28. The van der Waals surface area contributed by atoms with Gasteiger partial charge in [-0.15, -0.1) is 0 Å². The third-order valence-electron chi connectivity index (χ3n) is 8.32. The van der Waals surface area contributed by atoms with Gasteiger partial charge in [0.1, 0.15) is 0 Å². The zero-order valence-corrected chi connectivity index (χ0v) is 18.0. The van der Waals surface area contributed by atoms with Gasteiger partial charge in [-0.2, -0.15) is 8.42 Å². The summed E-state index contributed by atoms with van der Waals surface area (Å²) in [5.74, 6) is 3.17. The first-order chi connectivity index (χ1) is 12.7. The molecule has 1 aromatic carbocycles. The van der Waals surface area contributed by atoms with Gasteiger partial charge in [-0.3, -0.25) is 4.18 Å². The van der Waals surface area contributed by atoms with E-state index < -0.39 is 10.1 Å². The Labute approximate surface area is 165 Å². The quantitative estimate of drug-likeness (QED) is 0.673. The highest BCUT2D eigenvalue weighted by Gasteiger charge is 2.55. The molecular formula is C23H34O3S. The summed E-state index contributed by atoms with van der Waals surface area (Å²) in [6.07, 6.45) is 8.78. The van der Waals surface area contributed by atoms with E-state index in [0.717, 1.165) is 24.0 Å². The van der Waals surface area contributed by atoms with Crippen LogP contribution in [-0.2, 0) is 20.7 Å². The minimum absolute atomic E-state index is 0.296. The monoisotopic (exact) mass is 390 g/mol. The molecule has 2 saturated carbocycles. The fourth-order valence-electron chi connectivity index (χ4n) is 7.12. The lowest BCUT2D eigenvalue weighted by atomic mass is 9.53. The molecule has 3 aliphatic carbocycles. The molecule has 6 atom stereocenters. The predicted octanol–water partition coefficient (Wildman–Crippen LogP) is 5.08. The maximum absolute atomic E-state index is 11.4. The molecule has 2 fully saturated rings. The van der Waals surface area contributed by atoms with E-state index >= 15 is 0 Å². The number of benzene rings is 1. The molecule has 0 aliphatic heterocycles. The largest absolute Gasteiger partial charge is 0.270 e. The van der Waals surface area contributed by atoms with E-state index in [2.05, 4.69) is 39.0 Å². The Morgan fingerprint density at radius 3 is 2.74 bits per heavy atom. The lowest BCUT2D eigenvalue weighted by molar-refractivity contribution is 0.00418. The van der Waals surface area contributed by atoms with Crippen molar-refractivity contribution >= 4 is 10.1 Å². The number of fused-ring (bicyclic) bond motifs is 5. The van der Waals surface area contributed by atoms with Crippen molar-refractivity contribution in [1.82, 2.24) is 0 Å². The lowest BCUT2D eigenvalue weighted by Crippen LogP contribution is -2.44. The minimum atomic E-state index is -3.35. The van der Waals surface area contributed by atoms with Crippen molar-refractivity contribution in [3.05, 3.63) is 34.9 Å². The molecule has 0 aromatic heterocycles. The normalized spacial score (nSPS) is 36.6. The van der Waals surface area contributed by atoms with Gasteiger partial charge in [0.25, 0.3) is 10.1 Å². The zero-order chi connectivity index (χ0) is 19.4. The Bertz CT molecular complexity index is 815. The molecule has 3 aliphatic rings. The van der Waals surface area contributed by atoms with E-state index in [1.165, 1.54) is 44.1 Å². The second-order valence-electron chi connectivity index (χ2n) is 9.75. The zero-order valence-electron chi connectivity index (χ0n) is 17.2. The molecule has 3 nitrogen and oxygen atoms in total. The van der Waals surface area contributed by atoms with Crippen molar-refractivity contribution in [3.8, 4) is 0 Å². The topological polar surface area (TPSA) is 43.4 Å². The summed E-state index contributed by atoms with van der Waals surface area (Å²) in [4.78, 5) is 0. The maximum Gasteiger partial charge on any atom is 0.264 e. The maximum atomic E-state index is 11.4. The molecule has 150 valence electrons. The summed E-state index contributed by atoms with van der Waals surface area (Å²) >= 11 is 0. The van der Waals surface area contributed by atoms with Crippen LogP contribution in [0.4, 0.5) is 0 Å². The Morgan fingerprint density at radius 1 is 1.22 bits per heavy atom. The van der Waals surface area contributed by atoms with Gasteiger partial charge < -0.3 is 0 Å². The molecule has 0 spiro atoms. The fourth-order valence-corrected chi connectivity index (χ4v) is 7.59. The van der Waals surface area contributed by atoms with Crippen molar-refractivity contribution < 1.29 is 12.6 Å². The van der Waals surface area contributed by atoms with Crippen LogP contribution in [0.15, 0.2) is 18.2 Å². The van der Waals surface area contributed by atoms with Gasteiger partial charge in [-0.25, -0.2) is 0 Å². The van der Waals surface area contributed by atoms with Crippen LogP contribution in [0.3, 0.4) is 0 Å². The van der Waals surface area contributed by atoms with Crippen LogP contribution in [0.25, 0.3) is 0 Å². The average Bonchev–Trinajstić information content (AvgIpc) is 2.96. The van der Waals surface area contributed by atoms with Crippen LogP contribution in [0.2, 0.25) is 0 Å². The molecule has 0 bridgehead atoms. The summed E-state index contributed by atoms with van der Waals surface area (Å²) in [5, 5.41) is 0. The summed E-state index contributed by atoms with van der Waals surface area (Å²) in [5.41, 5.74) is 5.05. The van der Waals surface area contributed by atoms with Crippen LogP contribution < -0.4 is 0 Å². The Kier molecular flexibility index (Phi) is 4.95. The van der Waals surface area contributed by atoms with E-state index in [1.807, 2.05) is 0 Å². The molecule has 4 heteroatoms. The van der Waals surface area contributed by atoms with E-state index in [4.69, 9.17) is 4.18 Å². The van der Waals surface area contributed by atoms with E-state index in [9.17, 15) is 8.42 Å². The van der Waals surface area contributed by atoms with Gasteiger partial charge >= 0.3 is 0 Å². The molecule has 0 saturated heterocycles. The number of hydrogen-bond donors (Lipinski definition) is 0. The van der Waals surface area contributed by atoms with Gasteiger partial charge in [0.2, 0.25) is 0 Å². The molecule has 4 rings (SSSR count). The molecule has 0 heterocycles. The average molecular weight is 391 g/mol. The van der Waals surface area contributed by atoms with Gasteiger partial charge in [-0.1, -0.05) is 32.0 Å². The second kappa shape index (κ2) is 6.88. The summed E-state index contributed by atoms with van der Waals surface area (Å²) in [6, 6.07) is 6.89. The van der Waals surface area contributed by atoms with Crippen LogP contribution >= 0.6 is 0 Å². The number of hydrogen-bond acceptors (Lipinski definition) is 3. The van der Waals surface area contributed by atoms with Crippen LogP contribution in [0, 0.1) is 36.0 Å². The van der Waals surface area contributed by atoms with Gasteiger partial charge in [-0.05, 0) is 97.1 Å². The van der Waals surface area contributed by atoms with Crippen molar-refractivity contribution in [2.75, 3.05) is 12.9 Å². The molecule has 0 N–H and O–H groups in total. The molecular weight excluding hydrogens is 356 g/mol. The first-order valence-electron chi connectivity index (χ1n) is 10.6. The molecule has 0 amide bonds. The van der Waals surface area contributed by atoms with E-state index in [0.29, 0.717) is 23.9 Å². The van der Waals surface area contributed by atoms with E-state index in [1.54, 1.807) is 11.1 Å². The van der Waals surface area contributed by atoms with Gasteiger partial charge in [0.15, 0.2) is 0 Å². The van der Waals surface area contributed by atoms with Crippen LogP contribution in [-0.4, -0.2) is 21.3 Å². The molecule has 0 radical (unpaired) electrons. The predicted molar refractivity (Wildman–Crippen MR) is 109 cm³/mol. The highest BCUT2D eigenvalue weighted by molar-refractivity contribution is 7.85. The SMILES string of the molecule is Cc1cccc2c1CC[C@@H]1[C@@H]2CC[C@]2(C)[C@@H]([C@H](C)COS(C)(=O)=O)CC[C@@H]12. The Hall–Kier alpha value is -0.870. The Balaban J connectivity index is 1.55. The lowest BCUT2D eigenvalue weighted by Gasteiger charge is -2.52. The minimum Gasteiger partial charge on any atom is -0.270 e. The first kappa shape index (κ1) is 19.4. The molecule has 1 aromatic rings. The number of aryl methyl sites for hydroxylation is 1. The van der Waals surface area contributed by atoms with Crippen LogP contribution in [0.1, 0.15) is 68.6 Å². The third-order valence-corrected chi connectivity index (χ3v) is 8.88. The van der Waals surface area contributed by atoms with Gasteiger partial charge in [0.05, 0.1) is 12.9 Å². The molecule has 0 unspecified atom stereocenters. The third kappa shape index (κ3) is 3.37. The second-order valence-corrected chi connectivity index (χ2v) is 11.4. The van der Waals surface area contributed by atoms with Gasteiger partial charge in [0, 0.05) is 0 Å². The summed E-state index contributed by atoms with van der Waals surface area (Å²) < 4.78 is 28.0. The van der Waals surface area contributed by atoms with Crippen molar-refractivity contribution in [2.45, 2.75) is 65.2 Å². The first-order valence-corrected chi connectivity index (χ1v) is 12.4. The van der Waals surface area contributed by atoms with Crippen molar-refractivity contribution in [1.29, 1.82) is 0 Å². The highest BCUT2D eigenvalue weighted by Crippen LogP contribution is 2.64. The highest BCUT2D eigenvalue weighted by atomic mass is 32.2.